The van der Waals surface area contributed by atoms with Crippen LogP contribution in [0.5, 0.6) is 0 Å². The zero-order chi connectivity index (χ0) is 13.8. The molecule has 0 radical (unpaired) electrons. The molecule has 2 heterocycles. The van der Waals surface area contributed by atoms with Crippen molar-refractivity contribution < 1.29 is 19.1 Å². The number of ether oxygens (including phenoxy) is 2. The lowest BCUT2D eigenvalue weighted by atomic mass is 10.2. The molecule has 0 amide bonds. The smallest absolute Gasteiger partial charge is 0.358 e. The predicted octanol–water partition coefficient (Wildman–Crippen LogP) is 2.24. The van der Waals surface area contributed by atoms with E-state index in [1.54, 1.807) is 6.92 Å². The van der Waals surface area contributed by atoms with Crippen LogP contribution in [0, 0.1) is 0 Å². The molecule has 1 aliphatic rings. The summed E-state index contributed by atoms with van der Waals surface area (Å²) in [6.45, 7) is 4.21. The number of hydrogen-bond donors (Lipinski definition) is 0. The molecule has 0 bridgehead atoms. The maximum atomic E-state index is 11.8. The van der Waals surface area contributed by atoms with Gasteiger partial charge in [-0.15, -0.1) is 11.3 Å². The Labute approximate surface area is 115 Å². The molecule has 0 aromatic carbocycles. The summed E-state index contributed by atoms with van der Waals surface area (Å²) in [5.41, 5.74) is 0.146. The molecule has 0 N–H and O–H groups in total. The van der Waals surface area contributed by atoms with Gasteiger partial charge in [0.2, 0.25) is 0 Å². The van der Waals surface area contributed by atoms with Gasteiger partial charge in [-0.25, -0.2) is 9.78 Å². The molecule has 0 aliphatic carbocycles. The van der Waals surface area contributed by atoms with E-state index in [2.05, 4.69) is 4.98 Å². The molecule has 0 spiro atoms. The molecular formula is C13H17NO4S. The van der Waals surface area contributed by atoms with Crippen LogP contribution in [-0.2, 0) is 15.9 Å². The SMILES string of the molecule is CCOC(=O)c1nc(CC2CCCO2)sc1C(C)=O. The van der Waals surface area contributed by atoms with Crippen LogP contribution in [0.25, 0.3) is 0 Å². The third-order valence-corrected chi connectivity index (χ3v) is 4.06. The number of carbonyl (C=O) groups excluding carboxylic acids is 2. The van der Waals surface area contributed by atoms with Gasteiger partial charge in [0.15, 0.2) is 11.5 Å². The van der Waals surface area contributed by atoms with Crippen molar-refractivity contribution in [3.05, 3.63) is 15.6 Å². The largest absolute Gasteiger partial charge is 0.461 e. The molecule has 1 saturated heterocycles. The summed E-state index contributed by atoms with van der Waals surface area (Å²) in [7, 11) is 0. The van der Waals surface area contributed by atoms with Gasteiger partial charge in [-0.2, -0.15) is 0 Å². The van der Waals surface area contributed by atoms with Crippen LogP contribution in [0.1, 0.15) is 51.9 Å². The van der Waals surface area contributed by atoms with Gasteiger partial charge in [0.05, 0.1) is 17.7 Å². The Morgan fingerprint density at radius 1 is 1.53 bits per heavy atom. The molecule has 1 atom stereocenters. The van der Waals surface area contributed by atoms with Crippen LogP contribution in [0.4, 0.5) is 0 Å². The molecule has 1 aliphatic heterocycles. The van der Waals surface area contributed by atoms with Gasteiger partial charge in [-0.3, -0.25) is 4.79 Å². The van der Waals surface area contributed by atoms with E-state index in [0.717, 1.165) is 24.5 Å². The maximum Gasteiger partial charge on any atom is 0.358 e. The van der Waals surface area contributed by atoms with Crippen molar-refractivity contribution in [3.63, 3.8) is 0 Å². The minimum absolute atomic E-state index is 0.146. The summed E-state index contributed by atoms with van der Waals surface area (Å²) in [5.74, 6) is -0.679. The first kappa shape index (κ1) is 14.1. The number of Topliss-reactive ketones (excluding diaryl/α,β-unsaturated/α-hetero) is 1. The van der Waals surface area contributed by atoms with Gasteiger partial charge >= 0.3 is 5.97 Å². The summed E-state index contributed by atoms with van der Waals surface area (Å²) in [6, 6.07) is 0. The first-order valence-corrected chi connectivity index (χ1v) is 7.22. The summed E-state index contributed by atoms with van der Waals surface area (Å²) in [6.07, 6.45) is 2.87. The normalized spacial score (nSPS) is 18.5. The predicted molar refractivity (Wildman–Crippen MR) is 70.8 cm³/mol. The van der Waals surface area contributed by atoms with Crippen molar-refractivity contribution in [2.75, 3.05) is 13.2 Å². The molecular weight excluding hydrogens is 266 g/mol. The van der Waals surface area contributed by atoms with Gasteiger partial charge in [-0.1, -0.05) is 0 Å². The van der Waals surface area contributed by atoms with Crippen molar-refractivity contribution in [2.24, 2.45) is 0 Å². The van der Waals surface area contributed by atoms with Crippen LogP contribution in [0.2, 0.25) is 0 Å². The Balaban J connectivity index is 2.18. The summed E-state index contributed by atoms with van der Waals surface area (Å²) < 4.78 is 10.5. The highest BCUT2D eigenvalue weighted by Gasteiger charge is 2.24. The van der Waals surface area contributed by atoms with Gasteiger partial charge in [-0.05, 0) is 19.8 Å². The number of thiazole rings is 1. The number of esters is 1. The number of ketones is 1. The van der Waals surface area contributed by atoms with Crippen LogP contribution in [0.3, 0.4) is 0 Å². The number of nitrogens with zero attached hydrogens (tertiary/aromatic N) is 1. The fourth-order valence-corrected chi connectivity index (χ4v) is 3.04. The Morgan fingerprint density at radius 2 is 2.32 bits per heavy atom. The third-order valence-electron chi connectivity index (χ3n) is 2.89. The number of rotatable bonds is 5. The zero-order valence-electron chi connectivity index (χ0n) is 11.1. The fraction of sp³-hybridized carbons (Fsp3) is 0.615. The van der Waals surface area contributed by atoms with E-state index in [9.17, 15) is 9.59 Å². The number of hydrogen-bond acceptors (Lipinski definition) is 6. The van der Waals surface area contributed by atoms with Crippen LogP contribution < -0.4 is 0 Å². The Bertz CT molecular complexity index is 477. The molecule has 1 fully saturated rings. The maximum absolute atomic E-state index is 11.8. The molecule has 19 heavy (non-hydrogen) atoms. The molecule has 1 unspecified atom stereocenters. The van der Waals surface area contributed by atoms with E-state index in [-0.39, 0.29) is 24.2 Å². The number of aromatic nitrogens is 1. The van der Waals surface area contributed by atoms with E-state index in [0.29, 0.717) is 11.3 Å². The average Bonchev–Trinajstić information content (AvgIpc) is 2.99. The van der Waals surface area contributed by atoms with E-state index >= 15 is 0 Å². The first-order chi connectivity index (χ1) is 9.11. The van der Waals surface area contributed by atoms with Crippen molar-refractivity contribution in [3.8, 4) is 0 Å². The second-order valence-corrected chi connectivity index (χ2v) is 5.48. The molecule has 6 heteroatoms. The monoisotopic (exact) mass is 283 g/mol. The van der Waals surface area contributed by atoms with Gasteiger partial charge in [0, 0.05) is 20.0 Å². The second-order valence-electron chi connectivity index (χ2n) is 4.40. The van der Waals surface area contributed by atoms with E-state index < -0.39 is 5.97 Å². The van der Waals surface area contributed by atoms with E-state index in [1.807, 2.05) is 0 Å². The highest BCUT2D eigenvalue weighted by Crippen LogP contribution is 2.24. The van der Waals surface area contributed by atoms with Crippen LogP contribution >= 0.6 is 11.3 Å². The molecule has 2 rings (SSSR count). The molecule has 5 nitrogen and oxygen atoms in total. The lowest BCUT2D eigenvalue weighted by Crippen LogP contribution is -2.11. The minimum Gasteiger partial charge on any atom is -0.461 e. The van der Waals surface area contributed by atoms with E-state index in [1.165, 1.54) is 18.3 Å². The lowest BCUT2D eigenvalue weighted by molar-refractivity contribution is 0.0516. The van der Waals surface area contributed by atoms with E-state index in [4.69, 9.17) is 9.47 Å². The van der Waals surface area contributed by atoms with Gasteiger partial charge < -0.3 is 9.47 Å². The van der Waals surface area contributed by atoms with Crippen LogP contribution in [0.15, 0.2) is 0 Å². The highest BCUT2D eigenvalue weighted by molar-refractivity contribution is 7.14. The van der Waals surface area contributed by atoms with Crippen molar-refractivity contribution in [2.45, 2.75) is 39.2 Å². The minimum atomic E-state index is -0.525. The molecule has 0 saturated carbocycles. The van der Waals surface area contributed by atoms with Crippen molar-refractivity contribution in [1.82, 2.24) is 4.98 Å². The van der Waals surface area contributed by atoms with Gasteiger partial charge in [0.1, 0.15) is 4.88 Å². The topological polar surface area (TPSA) is 65.5 Å². The molecule has 104 valence electrons. The van der Waals surface area contributed by atoms with Crippen molar-refractivity contribution >= 4 is 23.1 Å². The van der Waals surface area contributed by atoms with Crippen LogP contribution in [-0.4, -0.2) is 36.1 Å². The van der Waals surface area contributed by atoms with Crippen molar-refractivity contribution in [1.29, 1.82) is 0 Å². The highest BCUT2D eigenvalue weighted by atomic mass is 32.1. The average molecular weight is 283 g/mol. The Kier molecular flexibility index (Phi) is 4.66. The second kappa shape index (κ2) is 6.25. The summed E-state index contributed by atoms with van der Waals surface area (Å²) >= 11 is 1.27. The first-order valence-electron chi connectivity index (χ1n) is 6.41. The molecule has 1 aromatic rings. The lowest BCUT2D eigenvalue weighted by Gasteiger charge is -2.05. The summed E-state index contributed by atoms with van der Waals surface area (Å²) in [4.78, 5) is 28.0. The Hall–Kier alpha value is -1.27. The van der Waals surface area contributed by atoms with Gasteiger partial charge in [0.25, 0.3) is 0 Å². The quantitative estimate of drug-likeness (QED) is 0.612. The molecule has 1 aromatic heterocycles. The summed E-state index contributed by atoms with van der Waals surface area (Å²) in [5, 5.41) is 0.764. The fourth-order valence-electron chi connectivity index (χ4n) is 2.03. The standard InChI is InChI=1S/C13H17NO4S/c1-3-17-13(16)11-12(8(2)15)19-10(14-11)7-9-5-4-6-18-9/h9H,3-7H2,1-2H3. The number of carbonyl (C=O) groups is 2. The Morgan fingerprint density at radius 3 is 2.89 bits per heavy atom. The third kappa shape index (κ3) is 3.39. The zero-order valence-corrected chi connectivity index (χ0v) is 11.9.